The topological polar surface area (TPSA) is 56.8 Å². The Morgan fingerprint density at radius 2 is 1.78 bits per heavy atom. The van der Waals surface area contributed by atoms with Gasteiger partial charge in [-0.3, -0.25) is 14.5 Å². The highest BCUT2D eigenvalue weighted by Gasteiger charge is 2.24. The Balaban J connectivity index is 1.59. The lowest BCUT2D eigenvalue weighted by molar-refractivity contribution is 0.0627. The highest BCUT2D eigenvalue weighted by atomic mass is 32.1. The van der Waals surface area contributed by atoms with Crippen LogP contribution in [0.1, 0.15) is 36.3 Å². The lowest BCUT2D eigenvalue weighted by Gasteiger charge is -2.34. The number of piperazine rings is 1. The van der Waals surface area contributed by atoms with Gasteiger partial charge in [0.05, 0.1) is 12.2 Å². The summed E-state index contributed by atoms with van der Waals surface area (Å²) in [5.74, 6) is 0.113. The van der Waals surface area contributed by atoms with Crippen molar-refractivity contribution < 1.29 is 9.59 Å². The maximum Gasteiger partial charge on any atom is 0.265 e. The summed E-state index contributed by atoms with van der Waals surface area (Å²) in [4.78, 5) is 36.0. The van der Waals surface area contributed by atoms with Crippen LogP contribution in [0, 0.1) is 13.8 Å². The first-order valence-electron chi connectivity index (χ1n) is 9.12. The summed E-state index contributed by atoms with van der Waals surface area (Å²) in [5, 5.41) is 0.955. The maximum atomic E-state index is 12.7. The maximum absolute atomic E-state index is 12.7. The van der Waals surface area contributed by atoms with E-state index in [9.17, 15) is 9.59 Å². The summed E-state index contributed by atoms with van der Waals surface area (Å²) in [5.41, 5.74) is 2.59. The minimum absolute atomic E-state index is 0.00453. The molecule has 1 aliphatic rings. The molecule has 0 atom stereocenters. The zero-order chi connectivity index (χ0) is 19.6. The average Bonchev–Trinajstić information content (AvgIpc) is 3.01. The molecule has 0 aliphatic carbocycles. The van der Waals surface area contributed by atoms with E-state index in [-0.39, 0.29) is 11.8 Å². The van der Waals surface area contributed by atoms with E-state index in [1.807, 2.05) is 43.0 Å². The van der Waals surface area contributed by atoms with Crippen LogP contribution < -0.4 is 0 Å². The number of amides is 2. The van der Waals surface area contributed by atoms with Crippen molar-refractivity contribution in [2.45, 2.75) is 20.4 Å². The van der Waals surface area contributed by atoms with Crippen molar-refractivity contribution >= 4 is 23.2 Å². The monoisotopic (exact) mass is 386 g/mol. The first-order valence-corrected chi connectivity index (χ1v) is 9.93. The molecule has 0 N–H and O–H groups in total. The number of benzene rings is 1. The minimum atomic E-state index is 0.00453. The third-order valence-corrected chi connectivity index (χ3v) is 5.97. The molecule has 6 nitrogen and oxygen atoms in total. The van der Waals surface area contributed by atoms with E-state index >= 15 is 0 Å². The molecule has 7 heteroatoms. The van der Waals surface area contributed by atoms with E-state index in [0.717, 1.165) is 41.5 Å². The average molecular weight is 387 g/mol. The molecule has 1 aromatic heterocycles. The molecule has 0 unspecified atom stereocenters. The van der Waals surface area contributed by atoms with Gasteiger partial charge in [-0.2, -0.15) is 0 Å². The second kappa shape index (κ2) is 8.19. The molecule has 0 saturated carbocycles. The molecule has 27 heavy (non-hydrogen) atoms. The molecule has 2 amide bonds. The van der Waals surface area contributed by atoms with E-state index < -0.39 is 0 Å². The second-order valence-corrected chi connectivity index (χ2v) is 8.19. The Kier molecular flexibility index (Phi) is 5.92. The van der Waals surface area contributed by atoms with Crippen LogP contribution in [0.25, 0.3) is 0 Å². The third kappa shape index (κ3) is 4.36. The zero-order valence-electron chi connectivity index (χ0n) is 16.4. The fraction of sp³-hybridized carbons (Fsp3) is 0.450. The Bertz CT molecular complexity index is 838. The molecule has 2 aromatic rings. The van der Waals surface area contributed by atoms with Gasteiger partial charge in [-0.15, -0.1) is 11.3 Å². The summed E-state index contributed by atoms with van der Waals surface area (Å²) in [6.07, 6.45) is 0. The fourth-order valence-electron chi connectivity index (χ4n) is 3.21. The third-order valence-electron chi connectivity index (χ3n) is 4.84. The Hall–Kier alpha value is -2.25. The normalized spacial score (nSPS) is 15.0. The zero-order valence-corrected chi connectivity index (χ0v) is 17.2. The SMILES string of the molecule is Cc1ccccc1C(=O)N1CCN(Cc2nc(C)c(C(=O)N(C)C)s2)CC1. The number of nitrogens with zero attached hydrogens (tertiary/aromatic N) is 4. The van der Waals surface area contributed by atoms with E-state index in [2.05, 4.69) is 9.88 Å². The van der Waals surface area contributed by atoms with Crippen LogP contribution in [0.5, 0.6) is 0 Å². The highest BCUT2D eigenvalue weighted by molar-refractivity contribution is 7.13. The molecule has 2 heterocycles. The van der Waals surface area contributed by atoms with Gasteiger partial charge in [0.25, 0.3) is 11.8 Å². The van der Waals surface area contributed by atoms with Gasteiger partial charge >= 0.3 is 0 Å². The summed E-state index contributed by atoms with van der Waals surface area (Å²) >= 11 is 1.47. The molecule has 0 radical (unpaired) electrons. The summed E-state index contributed by atoms with van der Waals surface area (Å²) < 4.78 is 0. The molecule has 144 valence electrons. The molecular weight excluding hydrogens is 360 g/mol. The van der Waals surface area contributed by atoms with E-state index in [4.69, 9.17) is 0 Å². The molecule has 0 spiro atoms. The van der Waals surface area contributed by atoms with Crippen molar-refractivity contribution in [3.63, 3.8) is 0 Å². The number of hydrogen-bond donors (Lipinski definition) is 0. The van der Waals surface area contributed by atoms with Crippen molar-refractivity contribution in [1.82, 2.24) is 19.7 Å². The van der Waals surface area contributed by atoms with E-state index in [0.29, 0.717) is 18.0 Å². The fourth-order valence-corrected chi connectivity index (χ4v) is 4.33. The molecular formula is C20H26N4O2S. The van der Waals surface area contributed by atoms with E-state index in [1.54, 1.807) is 19.0 Å². The largest absolute Gasteiger partial charge is 0.344 e. The van der Waals surface area contributed by atoms with Gasteiger partial charge in [0.15, 0.2) is 0 Å². The standard InChI is InChI=1S/C20H26N4O2S/c1-14-7-5-6-8-16(14)19(25)24-11-9-23(10-12-24)13-17-21-15(2)18(27-17)20(26)22(3)4/h5-8H,9-13H2,1-4H3. The van der Waals surface area contributed by atoms with Crippen LogP contribution in [0.3, 0.4) is 0 Å². The smallest absolute Gasteiger partial charge is 0.265 e. The van der Waals surface area contributed by atoms with Crippen LogP contribution in [0.15, 0.2) is 24.3 Å². The van der Waals surface area contributed by atoms with Gasteiger partial charge in [-0.25, -0.2) is 4.98 Å². The Morgan fingerprint density at radius 1 is 1.11 bits per heavy atom. The Labute approximate surface area is 164 Å². The van der Waals surface area contributed by atoms with Crippen molar-refractivity contribution in [2.75, 3.05) is 40.3 Å². The highest BCUT2D eigenvalue weighted by Crippen LogP contribution is 2.21. The lowest BCUT2D eigenvalue weighted by atomic mass is 10.1. The van der Waals surface area contributed by atoms with E-state index in [1.165, 1.54) is 11.3 Å². The van der Waals surface area contributed by atoms with Crippen LogP contribution >= 0.6 is 11.3 Å². The van der Waals surface area contributed by atoms with Gasteiger partial charge in [0.2, 0.25) is 0 Å². The number of carbonyl (C=O) groups excluding carboxylic acids is 2. The number of aromatic nitrogens is 1. The van der Waals surface area contributed by atoms with Gasteiger partial charge in [-0.05, 0) is 25.5 Å². The summed E-state index contributed by atoms with van der Waals surface area (Å²) in [6, 6.07) is 7.73. The van der Waals surface area contributed by atoms with Crippen molar-refractivity contribution in [3.8, 4) is 0 Å². The van der Waals surface area contributed by atoms with Crippen LogP contribution in [0.2, 0.25) is 0 Å². The predicted molar refractivity (Wildman–Crippen MR) is 107 cm³/mol. The van der Waals surface area contributed by atoms with Gasteiger partial charge in [-0.1, -0.05) is 18.2 Å². The lowest BCUT2D eigenvalue weighted by Crippen LogP contribution is -2.48. The molecule has 1 aliphatic heterocycles. The van der Waals surface area contributed by atoms with Crippen molar-refractivity contribution in [1.29, 1.82) is 0 Å². The molecule has 1 aromatic carbocycles. The molecule has 0 bridgehead atoms. The van der Waals surface area contributed by atoms with Crippen molar-refractivity contribution in [2.24, 2.45) is 0 Å². The number of carbonyl (C=O) groups is 2. The molecule has 1 saturated heterocycles. The molecule has 1 fully saturated rings. The van der Waals surface area contributed by atoms with Crippen LogP contribution in [-0.2, 0) is 6.54 Å². The number of rotatable bonds is 4. The quantitative estimate of drug-likeness (QED) is 0.810. The summed E-state index contributed by atoms with van der Waals surface area (Å²) in [6.45, 7) is 7.62. The van der Waals surface area contributed by atoms with Gasteiger partial charge < -0.3 is 9.80 Å². The number of thiazole rings is 1. The number of aryl methyl sites for hydroxylation is 2. The first-order chi connectivity index (χ1) is 12.9. The molecule has 3 rings (SSSR count). The van der Waals surface area contributed by atoms with Gasteiger partial charge in [0, 0.05) is 45.8 Å². The van der Waals surface area contributed by atoms with Crippen molar-refractivity contribution in [3.05, 3.63) is 51.0 Å². The summed E-state index contributed by atoms with van der Waals surface area (Å²) in [7, 11) is 3.51. The van der Waals surface area contributed by atoms with Crippen LogP contribution in [-0.4, -0.2) is 71.8 Å². The van der Waals surface area contributed by atoms with Crippen LogP contribution in [0.4, 0.5) is 0 Å². The predicted octanol–water partition coefficient (Wildman–Crippen LogP) is 2.42. The van der Waals surface area contributed by atoms with Gasteiger partial charge in [0.1, 0.15) is 9.88 Å². The first kappa shape index (κ1) is 19.5. The number of hydrogen-bond acceptors (Lipinski definition) is 5. The Morgan fingerprint density at radius 3 is 2.41 bits per heavy atom. The second-order valence-electron chi connectivity index (χ2n) is 7.10. The minimum Gasteiger partial charge on any atom is -0.344 e.